The van der Waals surface area contributed by atoms with Gasteiger partial charge in [-0.15, -0.1) is 0 Å². The molecule has 1 aromatic heterocycles. The molecule has 0 spiro atoms. The number of nitrogens with zero attached hydrogens (tertiary/aromatic N) is 2. The number of benzene rings is 2. The molecule has 182 valence electrons. The molecule has 1 aliphatic rings. The number of aryl methyl sites for hydroxylation is 1. The van der Waals surface area contributed by atoms with E-state index in [9.17, 15) is 17.4 Å². The fourth-order valence-corrected chi connectivity index (χ4v) is 6.01. The van der Waals surface area contributed by atoms with Crippen LogP contribution in [0.5, 0.6) is 5.75 Å². The van der Waals surface area contributed by atoms with Gasteiger partial charge in [-0.2, -0.15) is 0 Å². The third-order valence-corrected chi connectivity index (χ3v) is 8.09. The van der Waals surface area contributed by atoms with Crippen molar-refractivity contribution in [2.75, 3.05) is 23.9 Å². The lowest BCUT2D eigenvalue weighted by Crippen LogP contribution is -2.21. The molecule has 4 rings (SSSR count). The average molecular weight is 493 g/mol. The van der Waals surface area contributed by atoms with E-state index in [0.717, 1.165) is 11.6 Å². The third-order valence-electron chi connectivity index (χ3n) is 6.30. The molecule has 2 aromatic carbocycles. The van der Waals surface area contributed by atoms with Gasteiger partial charge in [0, 0.05) is 38.3 Å². The molecule has 0 unspecified atom stereocenters. The van der Waals surface area contributed by atoms with Crippen LogP contribution in [-0.2, 0) is 9.73 Å². The summed E-state index contributed by atoms with van der Waals surface area (Å²) < 4.78 is 66.7. The molecule has 0 bridgehead atoms. The van der Waals surface area contributed by atoms with Crippen LogP contribution < -0.4 is 10.1 Å². The summed E-state index contributed by atoms with van der Waals surface area (Å²) in [6, 6.07) is 7.08. The highest BCUT2D eigenvalue weighted by Gasteiger charge is 2.26. The van der Waals surface area contributed by atoms with Crippen molar-refractivity contribution in [1.29, 1.82) is 4.78 Å². The summed E-state index contributed by atoms with van der Waals surface area (Å²) >= 11 is 0. The minimum absolute atomic E-state index is 0.0750. The van der Waals surface area contributed by atoms with E-state index in [2.05, 4.69) is 15.3 Å². The van der Waals surface area contributed by atoms with Gasteiger partial charge in [-0.3, -0.25) is 4.78 Å². The number of halogens is 3. The van der Waals surface area contributed by atoms with Crippen LogP contribution in [0.4, 0.5) is 19.0 Å². The van der Waals surface area contributed by atoms with Crippen LogP contribution in [0, 0.1) is 17.5 Å². The van der Waals surface area contributed by atoms with Gasteiger partial charge in [-0.05, 0) is 44.2 Å². The van der Waals surface area contributed by atoms with Crippen molar-refractivity contribution in [1.82, 2.24) is 9.97 Å². The zero-order valence-corrected chi connectivity index (χ0v) is 20.0. The van der Waals surface area contributed by atoms with Gasteiger partial charge in [0.1, 0.15) is 23.2 Å². The molecule has 6 nitrogen and oxygen atoms in total. The molecule has 2 N–H and O–H groups in total. The van der Waals surface area contributed by atoms with Gasteiger partial charge in [0.2, 0.25) is 0 Å². The van der Waals surface area contributed by atoms with Crippen LogP contribution in [0.2, 0.25) is 0 Å². The van der Waals surface area contributed by atoms with Crippen molar-refractivity contribution >= 4 is 26.4 Å². The smallest absolute Gasteiger partial charge is 0.266 e. The van der Waals surface area contributed by atoms with Crippen molar-refractivity contribution in [2.24, 2.45) is 0 Å². The summed E-state index contributed by atoms with van der Waals surface area (Å²) in [6.45, 7) is 3.42. The Balaban J connectivity index is 1.75. The molecule has 1 saturated heterocycles. The quantitative estimate of drug-likeness (QED) is 0.433. The van der Waals surface area contributed by atoms with Crippen molar-refractivity contribution < 1.29 is 22.1 Å². The van der Waals surface area contributed by atoms with Gasteiger partial charge in [0.15, 0.2) is 0 Å². The second kappa shape index (κ2) is 9.40. The lowest BCUT2D eigenvalue weighted by Gasteiger charge is -2.26. The first-order valence-electron chi connectivity index (χ1n) is 11.0. The molecule has 0 saturated carbocycles. The van der Waals surface area contributed by atoms with E-state index in [-0.39, 0.29) is 11.5 Å². The Morgan fingerprint density at radius 1 is 1.18 bits per heavy atom. The predicted octanol–water partition coefficient (Wildman–Crippen LogP) is 6.12. The van der Waals surface area contributed by atoms with Crippen LogP contribution in [0.3, 0.4) is 0 Å². The number of methoxy groups -OCH3 is 1. The van der Waals surface area contributed by atoms with Gasteiger partial charge in [-0.25, -0.2) is 27.3 Å². The first-order chi connectivity index (χ1) is 16.1. The van der Waals surface area contributed by atoms with E-state index in [1.807, 2.05) is 12.1 Å². The number of rotatable bonds is 6. The summed E-state index contributed by atoms with van der Waals surface area (Å²) in [5, 5.41) is 3.87. The number of ether oxygens (including phenoxy) is 1. The van der Waals surface area contributed by atoms with Gasteiger partial charge >= 0.3 is 0 Å². The highest BCUT2D eigenvalue weighted by Crippen LogP contribution is 2.39. The minimum Gasteiger partial charge on any atom is -0.496 e. The molecule has 0 amide bonds. The first-order valence-corrected chi connectivity index (χ1v) is 12.9. The second-order valence-corrected chi connectivity index (χ2v) is 11.1. The Hall–Kier alpha value is -2.88. The average Bonchev–Trinajstić information content (AvgIpc) is 2.78. The van der Waals surface area contributed by atoms with Gasteiger partial charge in [-0.1, -0.05) is 18.2 Å². The number of hydrogen-bond donors (Lipinski definition) is 2. The maximum Gasteiger partial charge on any atom is 0.266 e. The van der Waals surface area contributed by atoms with Crippen molar-refractivity contribution in [2.45, 2.75) is 45.1 Å². The Bertz CT molecular complexity index is 1320. The summed E-state index contributed by atoms with van der Waals surface area (Å²) in [5.41, 5.74) is 1.03. The molecule has 0 radical (unpaired) electrons. The van der Waals surface area contributed by atoms with Gasteiger partial charge in [0.25, 0.3) is 6.43 Å². The standard InChI is InChI=1S/C24H27F3N4O2S/c1-13(16-5-4-6-17(22(16)25)23(26)27)29-24-19-11-18(15-7-9-34(28,32)10-8-15)21(33-3)12-20(19)30-14(2)31-24/h4-6,11-13,15,23,28H,7-10H2,1-3H3,(H,29,30,31)/t13-,15?,34?/m1/s1. The van der Waals surface area contributed by atoms with E-state index in [0.29, 0.717) is 52.6 Å². The lowest BCUT2D eigenvalue weighted by atomic mass is 9.91. The molecule has 2 heterocycles. The molecular weight excluding hydrogens is 465 g/mol. The molecule has 3 aromatic rings. The fraction of sp³-hybridized carbons (Fsp3) is 0.417. The highest BCUT2D eigenvalue weighted by atomic mass is 32.2. The van der Waals surface area contributed by atoms with Crippen LogP contribution in [0.1, 0.15) is 60.7 Å². The monoisotopic (exact) mass is 492 g/mol. The largest absolute Gasteiger partial charge is 0.496 e. The zero-order valence-electron chi connectivity index (χ0n) is 19.2. The highest BCUT2D eigenvalue weighted by molar-refractivity contribution is 7.92. The van der Waals surface area contributed by atoms with Crippen LogP contribution in [0.25, 0.3) is 10.9 Å². The molecule has 1 aliphatic heterocycles. The zero-order chi connectivity index (χ0) is 24.6. The van der Waals surface area contributed by atoms with Crippen LogP contribution in [-0.4, -0.2) is 32.8 Å². The Kier molecular flexibility index (Phi) is 6.71. The Morgan fingerprint density at radius 2 is 1.85 bits per heavy atom. The van der Waals surface area contributed by atoms with Crippen LogP contribution >= 0.6 is 0 Å². The van der Waals surface area contributed by atoms with E-state index < -0.39 is 33.6 Å². The maximum atomic E-state index is 14.7. The molecule has 10 heteroatoms. The summed E-state index contributed by atoms with van der Waals surface area (Å²) in [6.07, 6.45) is -1.68. The number of hydrogen-bond acceptors (Lipinski definition) is 6. The van der Waals surface area contributed by atoms with Crippen LogP contribution in [0.15, 0.2) is 30.3 Å². The lowest BCUT2D eigenvalue weighted by molar-refractivity contribution is 0.146. The Morgan fingerprint density at radius 3 is 2.50 bits per heavy atom. The Labute approximate surface area is 196 Å². The van der Waals surface area contributed by atoms with Crippen molar-refractivity contribution in [3.05, 3.63) is 58.7 Å². The molecule has 1 atom stereocenters. The van der Waals surface area contributed by atoms with E-state index in [4.69, 9.17) is 9.52 Å². The van der Waals surface area contributed by atoms with E-state index in [1.165, 1.54) is 12.1 Å². The number of aromatic nitrogens is 2. The van der Waals surface area contributed by atoms with Gasteiger partial charge < -0.3 is 10.1 Å². The SMILES string of the molecule is COc1cc2nc(C)nc(N[C@H](C)c3cccc(C(F)F)c3F)c2cc1C1CCS(=N)(=O)CC1. The number of nitrogens with one attached hydrogen (secondary N) is 2. The number of anilines is 1. The first kappa shape index (κ1) is 24.3. The maximum absolute atomic E-state index is 14.7. The van der Waals surface area contributed by atoms with Crippen molar-refractivity contribution in [3.8, 4) is 5.75 Å². The number of fused-ring (bicyclic) bond motifs is 1. The van der Waals surface area contributed by atoms with Crippen molar-refractivity contribution in [3.63, 3.8) is 0 Å². The molecule has 1 fully saturated rings. The third kappa shape index (κ3) is 4.82. The normalized spacial score (nSPS) is 21.6. The summed E-state index contributed by atoms with van der Waals surface area (Å²) in [7, 11) is -0.948. The topological polar surface area (TPSA) is 88.0 Å². The predicted molar refractivity (Wildman–Crippen MR) is 127 cm³/mol. The molecular formula is C24H27F3N4O2S. The van der Waals surface area contributed by atoms with E-state index in [1.54, 1.807) is 21.0 Å². The molecule has 34 heavy (non-hydrogen) atoms. The minimum atomic E-state index is -2.90. The number of alkyl halides is 2. The fourth-order valence-electron chi connectivity index (χ4n) is 4.47. The summed E-state index contributed by atoms with van der Waals surface area (Å²) in [5.74, 6) is 1.42. The van der Waals surface area contributed by atoms with Gasteiger partial charge in [0.05, 0.1) is 24.2 Å². The second-order valence-electron chi connectivity index (χ2n) is 8.64. The van der Waals surface area contributed by atoms with E-state index >= 15 is 0 Å². The molecule has 0 aliphatic carbocycles. The summed E-state index contributed by atoms with van der Waals surface area (Å²) in [4.78, 5) is 9.02.